The van der Waals surface area contributed by atoms with Crippen LogP contribution in [0.25, 0.3) is 10.9 Å². The first-order valence-corrected chi connectivity index (χ1v) is 11.0. The van der Waals surface area contributed by atoms with Gasteiger partial charge in [0.2, 0.25) is 0 Å². The van der Waals surface area contributed by atoms with Gasteiger partial charge in [-0.05, 0) is 67.9 Å². The Labute approximate surface area is 190 Å². The predicted molar refractivity (Wildman–Crippen MR) is 126 cm³/mol. The van der Waals surface area contributed by atoms with E-state index in [0.29, 0.717) is 46.8 Å². The number of hydrogen-bond donors (Lipinski definition) is 1. The Bertz CT molecular complexity index is 1390. The summed E-state index contributed by atoms with van der Waals surface area (Å²) < 4.78 is 13.2. The minimum atomic E-state index is -0.304. The van der Waals surface area contributed by atoms with E-state index in [-0.39, 0.29) is 11.5 Å². The minimum absolute atomic E-state index is 0.0476. The van der Waals surface area contributed by atoms with Gasteiger partial charge in [-0.2, -0.15) is 0 Å². The number of amides is 1. The number of benzene rings is 3. The van der Waals surface area contributed by atoms with Crippen LogP contribution in [0, 0.1) is 0 Å². The van der Waals surface area contributed by atoms with Crippen molar-refractivity contribution in [3.8, 4) is 17.2 Å². The molecule has 1 aliphatic rings. The summed E-state index contributed by atoms with van der Waals surface area (Å²) in [5.41, 5.74) is 1.46. The van der Waals surface area contributed by atoms with Crippen molar-refractivity contribution in [2.75, 3.05) is 11.9 Å². The molecule has 0 unspecified atom stereocenters. The Morgan fingerprint density at radius 1 is 1.06 bits per heavy atom. The van der Waals surface area contributed by atoms with Gasteiger partial charge in [0.05, 0.1) is 23.2 Å². The lowest BCUT2D eigenvalue weighted by Crippen LogP contribution is -2.21. The third kappa shape index (κ3) is 4.17. The van der Waals surface area contributed by atoms with E-state index in [2.05, 4.69) is 10.3 Å². The Morgan fingerprint density at radius 2 is 1.85 bits per heavy atom. The molecule has 7 heteroatoms. The van der Waals surface area contributed by atoms with E-state index >= 15 is 0 Å². The number of rotatable bonds is 6. The molecule has 2 heterocycles. The number of fused-ring (bicyclic) bond motifs is 2. The number of aryl methyl sites for hydroxylation is 1. The molecule has 0 saturated carbocycles. The highest BCUT2D eigenvalue weighted by Gasteiger charge is 2.17. The zero-order chi connectivity index (χ0) is 22.8. The number of nitrogens with one attached hydrogen (secondary N) is 1. The lowest BCUT2D eigenvalue weighted by Gasteiger charge is -2.13. The maximum atomic E-state index is 13.0. The number of nitrogens with zero attached hydrogens (tertiary/aromatic N) is 2. The van der Waals surface area contributed by atoms with Gasteiger partial charge in [-0.15, -0.1) is 0 Å². The molecule has 3 aromatic carbocycles. The third-order valence-corrected chi connectivity index (χ3v) is 5.58. The van der Waals surface area contributed by atoms with Gasteiger partial charge in [0.25, 0.3) is 11.5 Å². The van der Waals surface area contributed by atoms with Crippen LogP contribution in [0.2, 0.25) is 0 Å². The number of anilines is 1. The lowest BCUT2D eigenvalue weighted by atomic mass is 10.1. The van der Waals surface area contributed by atoms with Crippen molar-refractivity contribution in [2.24, 2.45) is 0 Å². The summed E-state index contributed by atoms with van der Waals surface area (Å²) in [6.07, 6.45) is 1.69. The van der Waals surface area contributed by atoms with Crippen LogP contribution in [-0.4, -0.2) is 22.1 Å². The highest BCUT2D eigenvalue weighted by atomic mass is 16.5. The second-order valence-electron chi connectivity index (χ2n) is 7.78. The Kier molecular flexibility index (Phi) is 5.52. The zero-order valence-corrected chi connectivity index (χ0v) is 18.2. The van der Waals surface area contributed by atoms with Crippen molar-refractivity contribution in [1.82, 2.24) is 9.55 Å². The first-order chi connectivity index (χ1) is 16.1. The zero-order valence-electron chi connectivity index (χ0n) is 18.2. The molecule has 0 fully saturated rings. The number of ether oxygens (including phenoxy) is 2. The first-order valence-electron chi connectivity index (χ1n) is 11.0. The quantitative estimate of drug-likeness (QED) is 0.465. The summed E-state index contributed by atoms with van der Waals surface area (Å²) in [4.78, 5) is 30.3. The molecular formula is C26H23N3O4. The van der Waals surface area contributed by atoms with Crippen molar-refractivity contribution in [1.29, 1.82) is 0 Å². The second-order valence-corrected chi connectivity index (χ2v) is 7.78. The maximum absolute atomic E-state index is 13.0. The van der Waals surface area contributed by atoms with Crippen LogP contribution in [0.15, 0.2) is 71.5 Å². The minimum Gasteiger partial charge on any atom is -0.494 e. The van der Waals surface area contributed by atoms with E-state index in [9.17, 15) is 9.59 Å². The number of aromatic nitrogens is 2. The molecule has 1 N–H and O–H groups in total. The van der Waals surface area contributed by atoms with Crippen LogP contribution in [0.3, 0.4) is 0 Å². The number of hydrogen-bond acceptors (Lipinski definition) is 5. The highest BCUT2D eigenvalue weighted by Crippen LogP contribution is 2.30. The molecule has 0 spiro atoms. The third-order valence-electron chi connectivity index (χ3n) is 5.58. The molecule has 4 aromatic rings. The number of carbonyl (C=O) groups excluding carboxylic acids is 1. The van der Waals surface area contributed by atoms with Gasteiger partial charge in [0, 0.05) is 18.5 Å². The van der Waals surface area contributed by atoms with Crippen molar-refractivity contribution in [3.05, 3.63) is 88.5 Å². The number of carbonyl (C=O) groups is 1. The number of para-hydroxylation sites is 2. The Morgan fingerprint density at radius 3 is 2.67 bits per heavy atom. The molecular weight excluding hydrogens is 418 g/mol. The van der Waals surface area contributed by atoms with Gasteiger partial charge in [-0.3, -0.25) is 14.2 Å². The van der Waals surface area contributed by atoms with E-state index in [0.717, 1.165) is 24.4 Å². The van der Waals surface area contributed by atoms with E-state index in [4.69, 9.17) is 9.47 Å². The van der Waals surface area contributed by atoms with Gasteiger partial charge in [-0.25, -0.2) is 4.98 Å². The smallest absolute Gasteiger partial charge is 0.261 e. The molecule has 1 aliphatic heterocycles. The average Bonchev–Trinajstić information content (AvgIpc) is 3.30. The fraction of sp³-hybridized carbons (Fsp3) is 0.192. The maximum Gasteiger partial charge on any atom is 0.261 e. The van der Waals surface area contributed by atoms with E-state index in [1.165, 1.54) is 0 Å². The standard InChI is InChI=1S/C26H23N3O4/c1-2-32-18-10-12-19(13-11-18)33-23-7-4-3-6-21(23)28-25(30)17-9-14-20-22(16-17)27-24-8-5-15-29(24)26(20)31/h3-4,6-7,9-14,16H,2,5,8,15H2,1H3,(H,28,30). The summed E-state index contributed by atoms with van der Waals surface area (Å²) in [7, 11) is 0. The molecule has 0 atom stereocenters. The monoisotopic (exact) mass is 441 g/mol. The van der Waals surface area contributed by atoms with E-state index < -0.39 is 0 Å². The molecule has 166 valence electrons. The van der Waals surface area contributed by atoms with Gasteiger partial charge >= 0.3 is 0 Å². The largest absolute Gasteiger partial charge is 0.494 e. The van der Waals surface area contributed by atoms with Crippen molar-refractivity contribution in [2.45, 2.75) is 26.3 Å². The fourth-order valence-corrected chi connectivity index (χ4v) is 3.98. The van der Waals surface area contributed by atoms with Gasteiger partial charge in [-0.1, -0.05) is 12.1 Å². The molecule has 0 bridgehead atoms. The van der Waals surface area contributed by atoms with Crippen LogP contribution >= 0.6 is 0 Å². The van der Waals surface area contributed by atoms with Crippen molar-refractivity contribution < 1.29 is 14.3 Å². The summed E-state index contributed by atoms with van der Waals surface area (Å²) in [5, 5.41) is 3.44. The molecule has 0 radical (unpaired) electrons. The summed E-state index contributed by atoms with van der Waals surface area (Å²) in [6, 6.07) is 19.5. The average molecular weight is 441 g/mol. The highest BCUT2D eigenvalue weighted by molar-refractivity contribution is 6.06. The summed E-state index contributed by atoms with van der Waals surface area (Å²) in [5.74, 6) is 2.39. The van der Waals surface area contributed by atoms with E-state index in [1.807, 2.05) is 43.3 Å². The predicted octanol–water partition coefficient (Wildman–Crippen LogP) is 4.79. The normalized spacial score (nSPS) is 12.4. The summed E-state index contributed by atoms with van der Waals surface area (Å²) in [6.45, 7) is 3.22. The first kappa shape index (κ1) is 20.8. The molecule has 0 aliphatic carbocycles. The SMILES string of the molecule is CCOc1ccc(Oc2ccccc2NC(=O)c2ccc3c(=O)n4c(nc3c2)CCC4)cc1. The molecule has 5 rings (SSSR count). The fourth-order valence-electron chi connectivity index (χ4n) is 3.98. The van der Waals surface area contributed by atoms with E-state index in [1.54, 1.807) is 34.9 Å². The Balaban J connectivity index is 1.38. The van der Waals surface area contributed by atoms with Crippen LogP contribution in [0.1, 0.15) is 29.5 Å². The van der Waals surface area contributed by atoms with Crippen molar-refractivity contribution in [3.63, 3.8) is 0 Å². The second kappa shape index (κ2) is 8.78. The van der Waals surface area contributed by atoms with Crippen molar-refractivity contribution >= 4 is 22.5 Å². The molecule has 33 heavy (non-hydrogen) atoms. The summed E-state index contributed by atoms with van der Waals surface area (Å²) >= 11 is 0. The molecule has 7 nitrogen and oxygen atoms in total. The van der Waals surface area contributed by atoms with Gasteiger partial charge < -0.3 is 14.8 Å². The van der Waals surface area contributed by atoms with Gasteiger partial charge in [0.1, 0.15) is 17.3 Å². The molecule has 1 aromatic heterocycles. The lowest BCUT2D eigenvalue weighted by molar-refractivity contribution is 0.102. The van der Waals surface area contributed by atoms with Gasteiger partial charge in [0.15, 0.2) is 5.75 Å². The van der Waals surface area contributed by atoms with Crippen LogP contribution in [0.4, 0.5) is 5.69 Å². The van der Waals surface area contributed by atoms with Crippen LogP contribution < -0.4 is 20.3 Å². The molecule has 1 amide bonds. The topological polar surface area (TPSA) is 82.5 Å². The Hall–Kier alpha value is -4.13. The van der Waals surface area contributed by atoms with Crippen LogP contribution in [0.5, 0.6) is 17.2 Å². The van der Waals surface area contributed by atoms with Crippen LogP contribution in [-0.2, 0) is 13.0 Å². The molecule has 0 saturated heterocycles.